The van der Waals surface area contributed by atoms with Crippen LogP contribution in [0.2, 0.25) is 0 Å². The summed E-state index contributed by atoms with van der Waals surface area (Å²) in [7, 11) is 2.07. The third-order valence-corrected chi connectivity index (χ3v) is 5.90. The lowest BCUT2D eigenvalue weighted by atomic mass is 10.0. The van der Waals surface area contributed by atoms with Gasteiger partial charge in [-0.2, -0.15) is 0 Å². The van der Waals surface area contributed by atoms with Crippen LogP contribution in [0.15, 0.2) is 24.4 Å². The maximum Gasteiger partial charge on any atom is 0.238 e. The Morgan fingerprint density at radius 2 is 1.46 bits per heavy atom. The predicted molar refractivity (Wildman–Crippen MR) is 98.8 cm³/mol. The lowest BCUT2D eigenvalue weighted by Gasteiger charge is -2.39. The Labute approximate surface area is 154 Å². The Morgan fingerprint density at radius 1 is 0.885 bits per heavy atom. The summed E-state index contributed by atoms with van der Waals surface area (Å²) in [6.07, 6.45) is 3.20. The van der Waals surface area contributed by atoms with Crippen LogP contribution in [0.5, 0.6) is 0 Å². The van der Waals surface area contributed by atoms with Crippen molar-refractivity contribution in [3.8, 4) is 0 Å². The molecule has 7 heteroatoms. The van der Waals surface area contributed by atoms with Gasteiger partial charge in [0.05, 0.1) is 0 Å². The van der Waals surface area contributed by atoms with Crippen LogP contribution in [0.1, 0.15) is 12.8 Å². The number of likely N-dealkylation sites (N-methyl/N-ethyl adjacent to an activating group) is 1. The van der Waals surface area contributed by atoms with E-state index in [1.54, 1.807) is 6.20 Å². The first-order chi connectivity index (χ1) is 12.6. The molecule has 1 aromatic rings. The monoisotopic (exact) mass is 357 g/mol. The SMILES string of the molecule is CN1CCN(C(=O)C2(C(=O)N3CCN(c4ccccn4)CC3)CC2)CC1. The minimum Gasteiger partial charge on any atom is -0.353 e. The van der Waals surface area contributed by atoms with Gasteiger partial charge in [0.1, 0.15) is 11.2 Å². The number of carbonyl (C=O) groups excluding carboxylic acids is 2. The second-order valence-electron chi connectivity index (χ2n) is 7.64. The molecule has 0 spiro atoms. The topological polar surface area (TPSA) is 60.0 Å². The van der Waals surface area contributed by atoms with Gasteiger partial charge >= 0.3 is 0 Å². The molecule has 0 unspecified atom stereocenters. The molecule has 2 amide bonds. The molecule has 7 nitrogen and oxygen atoms in total. The molecule has 3 heterocycles. The zero-order chi connectivity index (χ0) is 18.1. The Kier molecular flexibility index (Phi) is 4.56. The lowest BCUT2D eigenvalue weighted by molar-refractivity contribution is -0.150. The van der Waals surface area contributed by atoms with Gasteiger partial charge in [-0.3, -0.25) is 9.59 Å². The molecule has 0 bridgehead atoms. The molecule has 3 aliphatic rings. The van der Waals surface area contributed by atoms with Crippen LogP contribution in [0, 0.1) is 5.41 Å². The summed E-state index contributed by atoms with van der Waals surface area (Å²) in [4.78, 5) is 38.7. The zero-order valence-corrected chi connectivity index (χ0v) is 15.4. The van der Waals surface area contributed by atoms with E-state index in [9.17, 15) is 9.59 Å². The number of aromatic nitrogens is 1. The number of pyridine rings is 1. The fraction of sp³-hybridized carbons (Fsp3) is 0.632. The van der Waals surface area contributed by atoms with Crippen LogP contribution >= 0.6 is 0 Å². The van der Waals surface area contributed by atoms with Crippen molar-refractivity contribution in [2.24, 2.45) is 5.41 Å². The quantitative estimate of drug-likeness (QED) is 0.728. The third kappa shape index (κ3) is 3.16. The molecule has 26 heavy (non-hydrogen) atoms. The van der Waals surface area contributed by atoms with Crippen LogP contribution in [-0.4, -0.2) is 90.9 Å². The standard InChI is InChI=1S/C19H27N5O2/c1-21-8-10-23(11-9-21)17(25)19(5-6-19)18(26)24-14-12-22(13-15-24)16-4-2-3-7-20-16/h2-4,7H,5-6,8-15H2,1H3. The van der Waals surface area contributed by atoms with Crippen molar-refractivity contribution >= 4 is 17.6 Å². The average molecular weight is 357 g/mol. The average Bonchev–Trinajstić information content (AvgIpc) is 3.50. The minimum atomic E-state index is -0.761. The summed E-state index contributed by atoms with van der Waals surface area (Å²) in [6, 6.07) is 5.88. The first-order valence-corrected chi connectivity index (χ1v) is 9.53. The number of piperazine rings is 2. The van der Waals surface area contributed by atoms with E-state index in [1.165, 1.54) is 0 Å². The fourth-order valence-corrected chi connectivity index (χ4v) is 3.94. The number of rotatable bonds is 3. The smallest absolute Gasteiger partial charge is 0.238 e. The maximum atomic E-state index is 13.1. The molecule has 2 saturated heterocycles. The highest BCUT2D eigenvalue weighted by molar-refractivity contribution is 6.08. The molecular weight excluding hydrogens is 330 g/mol. The molecule has 0 atom stereocenters. The first kappa shape index (κ1) is 17.3. The Morgan fingerprint density at radius 3 is 1.96 bits per heavy atom. The van der Waals surface area contributed by atoms with E-state index in [-0.39, 0.29) is 11.8 Å². The summed E-state index contributed by atoms with van der Waals surface area (Å²) in [5.41, 5.74) is -0.761. The molecule has 3 fully saturated rings. The molecule has 1 aliphatic carbocycles. The highest BCUT2D eigenvalue weighted by Crippen LogP contribution is 2.49. The van der Waals surface area contributed by atoms with Crippen molar-refractivity contribution in [1.82, 2.24) is 19.7 Å². The molecular formula is C19H27N5O2. The molecule has 0 aromatic carbocycles. The van der Waals surface area contributed by atoms with Crippen molar-refractivity contribution in [2.45, 2.75) is 12.8 Å². The molecule has 0 radical (unpaired) electrons. The number of nitrogens with zero attached hydrogens (tertiary/aromatic N) is 5. The van der Waals surface area contributed by atoms with Crippen LogP contribution < -0.4 is 4.90 Å². The summed E-state index contributed by atoms with van der Waals surface area (Å²) >= 11 is 0. The molecule has 1 saturated carbocycles. The van der Waals surface area contributed by atoms with Gasteiger partial charge in [0.15, 0.2) is 0 Å². The van der Waals surface area contributed by atoms with Crippen molar-refractivity contribution in [3.63, 3.8) is 0 Å². The van der Waals surface area contributed by atoms with Crippen LogP contribution in [0.25, 0.3) is 0 Å². The van der Waals surface area contributed by atoms with Crippen molar-refractivity contribution < 1.29 is 9.59 Å². The number of carbonyl (C=O) groups is 2. The van der Waals surface area contributed by atoms with Crippen molar-refractivity contribution in [1.29, 1.82) is 0 Å². The van der Waals surface area contributed by atoms with Gasteiger partial charge in [-0.15, -0.1) is 0 Å². The van der Waals surface area contributed by atoms with Gasteiger partial charge in [-0.25, -0.2) is 4.98 Å². The summed E-state index contributed by atoms with van der Waals surface area (Å²) in [5.74, 6) is 1.05. The predicted octanol–water partition coefficient (Wildman–Crippen LogP) is 0.284. The number of hydrogen-bond acceptors (Lipinski definition) is 5. The van der Waals surface area contributed by atoms with Gasteiger partial charge in [0, 0.05) is 58.6 Å². The first-order valence-electron chi connectivity index (χ1n) is 9.53. The van der Waals surface area contributed by atoms with Gasteiger partial charge in [0.2, 0.25) is 11.8 Å². The van der Waals surface area contributed by atoms with E-state index in [0.29, 0.717) is 25.9 Å². The third-order valence-electron chi connectivity index (χ3n) is 5.90. The summed E-state index contributed by atoms with van der Waals surface area (Å²) in [5, 5.41) is 0. The summed E-state index contributed by atoms with van der Waals surface area (Å²) in [6.45, 7) is 6.09. The largest absolute Gasteiger partial charge is 0.353 e. The van der Waals surface area contributed by atoms with E-state index < -0.39 is 5.41 Å². The van der Waals surface area contributed by atoms with Crippen molar-refractivity contribution in [2.75, 3.05) is 64.3 Å². The number of amides is 2. The molecule has 2 aliphatic heterocycles. The Hall–Kier alpha value is -2.15. The fourth-order valence-electron chi connectivity index (χ4n) is 3.94. The van der Waals surface area contributed by atoms with Crippen LogP contribution in [0.4, 0.5) is 5.82 Å². The summed E-state index contributed by atoms with van der Waals surface area (Å²) < 4.78 is 0. The highest BCUT2D eigenvalue weighted by atomic mass is 16.2. The number of hydrogen-bond donors (Lipinski definition) is 0. The van der Waals surface area contributed by atoms with E-state index in [0.717, 1.165) is 45.1 Å². The Bertz CT molecular complexity index is 660. The van der Waals surface area contributed by atoms with Crippen molar-refractivity contribution in [3.05, 3.63) is 24.4 Å². The normalized spacial score (nSPS) is 23.0. The van der Waals surface area contributed by atoms with Crippen LogP contribution in [-0.2, 0) is 9.59 Å². The van der Waals surface area contributed by atoms with E-state index >= 15 is 0 Å². The van der Waals surface area contributed by atoms with Crippen LogP contribution in [0.3, 0.4) is 0 Å². The van der Waals surface area contributed by atoms with E-state index in [2.05, 4.69) is 21.8 Å². The molecule has 140 valence electrons. The second-order valence-corrected chi connectivity index (χ2v) is 7.64. The van der Waals surface area contributed by atoms with E-state index in [4.69, 9.17) is 0 Å². The molecule has 4 rings (SSSR count). The van der Waals surface area contributed by atoms with Gasteiger partial charge < -0.3 is 19.6 Å². The highest BCUT2D eigenvalue weighted by Gasteiger charge is 2.59. The van der Waals surface area contributed by atoms with E-state index in [1.807, 2.05) is 28.0 Å². The maximum absolute atomic E-state index is 13.1. The lowest BCUT2D eigenvalue weighted by Crippen LogP contribution is -2.56. The molecule has 1 aromatic heterocycles. The molecule has 0 N–H and O–H groups in total. The zero-order valence-electron chi connectivity index (χ0n) is 15.4. The Balaban J connectivity index is 1.36. The second kappa shape index (κ2) is 6.87. The minimum absolute atomic E-state index is 0.0436. The number of anilines is 1. The van der Waals surface area contributed by atoms with Gasteiger partial charge in [-0.1, -0.05) is 6.07 Å². The van der Waals surface area contributed by atoms with Gasteiger partial charge in [0.25, 0.3) is 0 Å². The van der Waals surface area contributed by atoms with Gasteiger partial charge in [-0.05, 0) is 32.0 Å².